The van der Waals surface area contributed by atoms with Gasteiger partial charge in [0, 0.05) is 18.1 Å². The molecule has 1 aromatic carbocycles. The van der Waals surface area contributed by atoms with Crippen molar-refractivity contribution in [3.63, 3.8) is 0 Å². The molecule has 134 valence electrons. The summed E-state index contributed by atoms with van der Waals surface area (Å²) in [6.45, 7) is 1.82. The Morgan fingerprint density at radius 1 is 1.21 bits per heavy atom. The molecule has 2 aliphatic rings. The number of rotatable bonds is 5. The molecule has 0 saturated carbocycles. The van der Waals surface area contributed by atoms with Gasteiger partial charge in [-0.15, -0.1) is 12.4 Å². The van der Waals surface area contributed by atoms with Crippen LogP contribution < -0.4 is 10.6 Å². The molecule has 0 spiro atoms. The van der Waals surface area contributed by atoms with Crippen LogP contribution in [0.15, 0.2) is 29.2 Å². The molecule has 3 rings (SSSR count). The number of fused-ring (bicyclic) bond motifs is 2. The smallest absolute Gasteiger partial charge is 0.252 e. The number of amides is 1. The van der Waals surface area contributed by atoms with E-state index in [0.717, 1.165) is 12.8 Å². The first-order valence-electron chi connectivity index (χ1n) is 8.38. The highest BCUT2D eigenvalue weighted by molar-refractivity contribution is 7.91. The minimum Gasteiger partial charge on any atom is -0.349 e. The van der Waals surface area contributed by atoms with Gasteiger partial charge in [-0.2, -0.15) is 0 Å². The molecule has 1 aromatic rings. The number of hydrogen-bond acceptors (Lipinski definition) is 4. The molecule has 24 heavy (non-hydrogen) atoms. The van der Waals surface area contributed by atoms with Crippen LogP contribution in [-0.2, 0) is 9.84 Å². The predicted molar refractivity (Wildman–Crippen MR) is 96.5 cm³/mol. The van der Waals surface area contributed by atoms with Crippen LogP contribution in [0.3, 0.4) is 0 Å². The van der Waals surface area contributed by atoms with Crippen molar-refractivity contribution in [2.45, 2.75) is 62.0 Å². The number of carbonyl (C=O) groups is 1. The number of nitrogens with one attached hydrogen (secondary N) is 2. The SMILES string of the molecule is CCCS(=O)(=O)c1ccccc1C(=O)NC1CC2CCC(C1)N2.Cl. The molecular formula is C17H25ClN2O3S. The fourth-order valence-corrected chi connectivity index (χ4v) is 5.28. The highest BCUT2D eigenvalue weighted by Gasteiger charge is 2.34. The van der Waals surface area contributed by atoms with E-state index in [9.17, 15) is 13.2 Å². The predicted octanol–water partition coefficient (Wildman–Crippen LogP) is 2.30. The lowest BCUT2D eigenvalue weighted by Crippen LogP contribution is -2.48. The summed E-state index contributed by atoms with van der Waals surface area (Å²) in [6, 6.07) is 7.62. The fourth-order valence-electron chi connectivity index (χ4n) is 3.74. The van der Waals surface area contributed by atoms with Gasteiger partial charge in [0.05, 0.1) is 16.2 Å². The minimum atomic E-state index is -3.41. The molecule has 5 nitrogen and oxygen atoms in total. The van der Waals surface area contributed by atoms with Crippen molar-refractivity contribution < 1.29 is 13.2 Å². The van der Waals surface area contributed by atoms with E-state index in [1.165, 1.54) is 18.9 Å². The van der Waals surface area contributed by atoms with Gasteiger partial charge in [-0.3, -0.25) is 4.79 Å². The van der Waals surface area contributed by atoms with Crippen LogP contribution in [0, 0.1) is 0 Å². The number of piperidine rings is 1. The Morgan fingerprint density at radius 2 is 1.83 bits per heavy atom. The lowest BCUT2D eigenvalue weighted by atomic mass is 9.99. The topological polar surface area (TPSA) is 75.3 Å². The zero-order chi connectivity index (χ0) is 16.4. The second kappa shape index (κ2) is 7.85. The molecule has 2 atom stereocenters. The number of hydrogen-bond donors (Lipinski definition) is 2. The highest BCUT2D eigenvalue weighted by Crippen LogP contribution is 2.27. The van der Waals surface area contributed by atoms with Gasteiger partial charge in [0.1, 0.15) is 0 Å². The second-order valence-corrected chi connectivity index (χ2v) is 8.67. The third kappa shape index (κ3) is 4.10. The van der Waals surface area contributed by atoms with Gasteiger partial charge in [0.2, 0.25) is 0 Å². The largest absolute Gasteiger partial charge is 0.349 e. The molecule has 7 heteroatoms. The molecule has 2 fully saturated rings. The lowest BCUT2D eigenvalue weighted by Gasteiger charge is -2.29. The summed E-state index contributed by atoms with van der Waals surface area (Å²) in [5, 5.41) is 6.59. The Balaban J connectivity index is 0.00000208. The van der Waals surface area contributed by atoms with Gasteiger partial charge in [-0.05, 0) is 44.2 Å². The average molecular weight is 373 g/mol. The normalized spacial score (nSPS) is 25.8. The van der Waals surface area contributed by atoms with E-state index in [1.54, 1.807) is 18.2 Å². The summed E-state index contributed by atoms with van der Waals surface area (Å²) in [5.41, 5.74) is 0.270. The Hall–Kier alpha value is -1.11. The molecule has 0 aliphatic carbocycles. The number of sulfone groups is 1. The van der Waals surface area contributed by atoms with E-state index in [-0.39, 0.29) is 40.6 Å². The van der Waals surface area contributed by atoms with Crippen molar-refractivity contribution in [1.29, 1.82) is 0 Å². The van der Waals surface area contributed by atoms with Crippen molar-refractivity contribution in [2.24, 2.45) is 0 Å². The summed E-state index contributed by atoms with van der Waals surface area (Å²) in [6.07, 6.45) is 4.71. The molecule has 0 aromatic heterocycles. The van der Waals surface area contributed by atoms with Crippen LogP contribution in [-0.4, -0.2) is 38.2 Å². The van der Waals surface area contributed by atoms with Crippen molar-refractivity contribution in [2.75, 3.05) is 5.75 Å². The maximum Gasteiger partial charge on any atom is 0.252 e. The Bertz CT molecular complexity index is 681. The molecule has 2 aliphatic heterocycles. The molecule has 2 saturated heterocycles. The molecule has 0 radical (unpaired) electrons. The van der Waals surface area contributed by atoms with Crippen molar-refractivity contribution in [3.8, 4) is 0 Å². The number of benzene rings is 1. The number of carbonyl (C=O) groups excluding carboxylic acids is 1. The van der Waals surface area contributed by atoms with Crippen LogP contribution >= 0.6 is 12.4 Å². The Labute approximate surface area is 149 Å². The van der Waals surface area contributed by atoms with Gasteiger partial charge in [-0.1, -0.05) is 19.1 Å². The van der Waals surface area contributed by atoms with Gasteiger partial charge >= 0.3 is 0 Å². The van der Waals surface area contributed by atoms with E-state index in [0.29, 0.717) is 18.5 Å². The van der Waals surface area contributed by atoms with E-state index < -0.39 is 9.84 Å². The summed E-state index contributed by atoms with van der Waals surface area (Å²) >= 11 is 0. The first-order chi connectivity index (χ1) is 11.0. The molecule has 2 N–H and O–H groups in total. The van der Waals surface area contributed by atoms with Gasteiger partial charge in [0.15, 0.2) is 9.84 Å². The van der Waals surface area contributed by atoms with Crippen molar-refractivity contribution in [3.05, 3.63) is 29.8 Å². The number of halogens is 1. The fraction of sp³-hybridized carbons (Fsp3) is 0.588. The summed E-state index contributed by atoms with van der Waals surface area (Å²) < 4.78 is 24.7. The molecule has 2 bridgehead atoms. The third-order valence-electron chi connectivity index (χ3n) is 4.75. The first kappa shape index (κ1) is 19.2. The van der Waals surface area contributed by atoms with Gasteiger partial charge in [-0.25, -0.2) is 8.42 Å². The van der Waals surface area contributed by atoms with E-state index in [4.69, 9.17) is 0 Å². The zero-order valence-corrected chi connectivity index (χ0v) is 15.5. The molecular weight excluding hydrogens is 348 g/mol. The zero-order valence-electron chi connectivity index (χ0n) is 13.8. The van der Waals surface area contributed by atoms with Crippen LogP contribution in [0.1, 0.15) is 49.4 Å². The van der Waals surface area contributed by atoms with Crippen LogP contribution in [0.4, 0.5) is 0 Å². The lowest BCUT2D eigenvalue weighted by molar-refractivity contribution is 0.0920. The molecule has 1 amide bonds. The third-order valence-corrected chi connectivity index (χ3v) is 6.72. The molecule has 2 heterocycles. The quantitative estimate of drug-likeness (QED) is 0.831. The second-order valence-electron chi connectivity index (χ2n) is 6.59. The maximum atomic E-state index is 12.6. The monoisotopic (exact) mass is 372 g/mol. The van der Waals surface area contributed by atoms with Crippen LogP contribution in [0.25, 0.3) is 0 Å². The van der Waals surface area contributed by atoms with E-state index in [2.05, 4.69) is 10.6 Å². The van der Waals surface area contributed by atoms with Crippen LogP contribution in [0.2, 0.25) is 0 Å². The van der Waals surface area contributed by atoms with Crippen molar-refractivity contribution in [1.82, 2.24) is 10.6 Å². The van der Waals surface area contributed by atoms with Crippen LogP contribution in [0.5, 0.6) is 0 Å². The summed E-state index contributed by atoms with van der Waals surface area (Å²) in [5.74, 6) is -0.207. The molecule has 2 unspecified atom stereocenters. The maximum absolute atomic E-state index is 12.6. The van der Waals surface area contributed by atoms with Gasteiger partial charge in [0.25, 0.3) is 5.91 Å². The standard InChI is InChI=1S/C17H24N2O3S.ClH/c1-2-9-23(21,22)16-6-4-3-5-15(16)17(20)19-14-10-12-7-8-13(11-14)18-12;/h3-6,12-14,18H,2,7-11H2,1H3,(H,19,20);1H. The summed E-state index contributed by atoms with van der Waals surface area (Å²) in [7, 11) is -3.41. The summed E-state index contributed by atoms with van der Waals surface area (Å²) in [4.78, 5) is 12.8. The van der Waals surface area contributed by atoms with E-state index in [1.807, 2.05) is 6.92 Å². The Morgan fingerprint density at radius 3 is 2.46 bits per heavy atom. The van der Waals surface area contributed by atoms with Gasteiger partial charge < -0.3 is 10.6 Å². The Kier molecular flexibility index (Phi) is 6.28. The van der Waals surface area contributed by atoms with Crippen molar-refractivity contribution >= 4 is 28.2 Å². The minimum absolute atomic E-state index is 0. The first-order valence-corrected chi connectivity index (χ1v) is 10.0. The van der Waals surface area contributed by atoms with E-state index >= 15 is 0 Å². The average Bonchev–Trinajstić information content (AvgIpc) is 2.86. The highest BCUT2D eigenvalue weighted by atomic mass is 35.5.